The van der Waals surface area contributed by atoms with Crippen LogP contribution in [0.25, 0.3) is 0 Å². The second-order valence-corrected chi connectivity index (χ2v) is 5.82. The molecule has 2 aromatic carbocycles. The number of ether oxygens (including phenoxy) is 1. The number of carbonyl (C=O) groups excluding carboxylic acids is 1. The number of rotatable bonds is 7. The number of aromatic nitrogens is 2. The summed E-state index contributed by atoms with van der Waals surface area (Å²) in [6.45, 7) is 2.67. The molecule has 0 aliphatic rings. The van der Waals surface area contributed by atoms with Gasteiger partial charge in [0.05, 0.1) is 12.7 Å². The maximum atomic E-state index is 12.5. The van der Waals surface area contributed by atoms with Crippen molar-refractivity contribution in [2.75, 3.05) is 29.7 Å². The third-order valence-corrected chi connectivity index (χ3v) is 4.15. The zero-order chi connectivity index (χ0) is 19.9. The highest BCUT2D eigenvalue weighted by Gasteiger charge is 2.17. The molecule has 3 aromatic rings. The van der Waals surface area contributed by atoms with E-state index < -0.39 is 0 Å². The summed E-state index contributed by atoms with van der Waals surface area (Å²) in [5.41, 5.74) is 13.3. The van der Waals surface area contributed by atoms with Gasteiger partial charge in [-0.15, -0.1) is 0 Å². The molecule has 0 unspecified atom stereocenters. The van der Waals surface area contributed by atoms with Crippen LogP contribution in [0.15, 0.2) is 60.9 Å². The molecule has 0 spiro atoms. The minimum Gasteiger partial charge on any atom is -0.496 e. The first-order chi connectivity index (χ1) is 13.7. The standard InChI is InChI=1S/C20H22N6O2/c1-3-26(14-9-5-4-6-10-14)19-17(21)18(22-13-23-19)24-25-20(27)15-11-7-8-12-16(15)28-2/h4-13H,3,21H2,1-2H3,(H,25,27)(H,22,23,24). The van der Waals surface area contributed by atoms with Crippen LogP contribution in [-0.2, 0) is 0 Å². The van der Waals surface area contributed by atoms with Gasteiger partial charge in [0, 0.05) is 12.2 Å². The Bertz CT molecular complexity index is 948. The highest BCUT2D eigenvalue weighted by Crippen LogP contribution is 2.31. The average Bonchev–Trinajstić information content (AvgIpc) is 2.75. The van der Waals surface area contributed by atoms with E-state index in [1.54, 1.807) is 24.3 Å². The molecule has 0 saturated carbocycles. The van der Waals surface area contributed by atoms with Gasteiger partial charge in [0.25, 0.3) is 5.91 Å². The van der Waals surface area contributed by atoms with Gasteiger partial charge in [0.2, 0.25) is 0 Å². The number of nitrogen functional groups attached to an aromatic ring is 1. The van der Waals surface area contributed by atoms with E-state index in [2.05, 4.69) is 20.8 Å². The van der Waals surface area contributed by atoms with Crippen LogP contribution in [0.1, 0.15) is 17.3 Å². The van der Waals surface area contributed by atoms with E-state index in [0.717, 1.165) is 5.69 Å². The molecule has 1 heterocycles. The van der Waals surface area contributed by atoms with Gasteiger partial charge >= 0.3 is 0 Å². The van der Waals surface area contributed by atoms with E-state index in [0.29, 0.717) is 35.2 Å². The Morgan fingerprint density at radius 1 is 1.11 bits per heavy atom. The molecule has 8 heteroatoms. The quantitative estimate of drug-likeness (QED) is 0.543. The number of amides is 1. The van der Waals surface area contributed by atoms with Crippen molar-refractivity contribution >= 4 is 28.9 Å². The fourth-order valence-corrected chi connectivity index (χ4v) is 2.78. The molecule has 0 atom stereocenters. The van der Waals surface area contributed by atoms with E-state index in [1.807, 2.05) is 42.2 Å². The zero-order valence-electron chi connectivity index (χ0n) is 15.7. The fourth-order valence-electron chi connectivity index (χ4n) is 2.78. The van der Waals surface area contributed by atoms with Gasteiger partial charge in [-0.2, -0.15) is 0 Å². The fraction of sp³-hybridized carbons (Fsp3) is 0.150. The van der Waals surface area contributed by atoms with E-state index in [4.69, 9.17) is 10.5 Å². The van der Waals surface area contributed by atoms with Crippen molar-refractivity contribution in [3.63, 3.8) is 0 Å². The van der Waals surface area contributed by atoms with Gasteiger partial charge in [0.15, 0.2) is 11.6 Å². The molecule has 8 nitrogen and oxygen atoms in total. The second-order valence-electron chi connectivity index (χ2n) is 5.82. The number of hydrogen-bond donors (Lipinski definition) is 3. The van der Waals surface area contributed by atoms with Crippen LogP contribution in [0, 0.1) is 0 Å². The topological polar surface area (TPSA) is 105 Å². The van der Waals surface area contributed by atoms with Gasteiger partial charge in [-0.1, -0.05) is 30.3 Å². The molecular weight excluding hydrogens is 356 g/mol. The summed E-state index contributed by atoms with van der Waals surface area (Å²) < 4.78 is 5.21. The predicted octanol–water partition coefficient (Wildman–Crippen LogP) is 2.98. The number of carbonyl (C=O) groups is 1. The van der Waals surface area contributed by atoms with Crippen LogP contribution < -0.4 is 26.2 Å². The van der Waals surface area contributed by atoms with Gasteiger partial charge in [-0.05, 0) is 31.2 Å². The maximum absolute atomic E-state index is 12.5. The molecule has 3 rings (SSSR count). The van der Waals surface area contributed by atoms with E-state index in [9.17, 15) is 4.79 Å². The molecule has 0 bridgehead atoms. The number of hydrazine groups is 1. The number of nitrogens with zero attached hydrogens (tertiary/aromatic N) is 3. The van der Waals surface area contributed by atoms with Gasteiger partial charge in [-0.25, -0.2) is 9.97 Å². The molecular formula is C20H22N6O2. The molecule has 0 aliphatic heterocycles. The third-order valence-electron chi connectivity index (χ3n) is 4.15. The number of hydrogen-bond acceptors (Lipinski definition) is 7. The largest absolute Gasteiger partial charge is 0.496 e. The molecule has 28 heavy (non-hydrogen) atoms. The first-order valence-corrected chi connectivity index (χ1v) is 8.78. The molecule has 0 aliphatic carbocycles. The Morgan fingerprint density at radius 3 is 2.54 bits per heavy atom. The Hall–Kier alpha value is -3.81. The summed E-state index contributed by atoms with van der Waals surface area (Å²) in [5.74, 6) is 0.965. The van der Waals surface area contributed by atoms with Gasteiger partial charge < -0.3 is 15.4 Å². The minimum absolute atomic E-state index is 0.308. The van der Waals surface area contributed by atoms with Crippen LogP contribution >= 0.6 is 0 Å². The molecule has 1 aromatic heterocycles. The summed E-state index contributed by atoms with van der Waals surface area (Å²) in [6, 6.07) is 16.7. The molecule has 144 valence electrons. The summed E-state index contributed by atoms with van der Waals surface area (Å²) >= 11 is 0. The SMILES string of the molecule is CCN(c1ccccc1)c1ncnc(NNC(=O)c2ccccc2OC)c1N. The lowest BCUT2D eigenvalue weighted by Gasteiger charge is -2.24. The second kappa shape index (κ2) is 8.72. The Labute approximate surface area is 163 Å². The van der Waals surface area contributed by atoms with E-state index in [1.165, 1.54) is 13.4 Å². The van der Waals surface area contributed by atoms with Crippen LogP contribution in [-0.4, -0.2) is 29.5 Å². The van der Waals surface area contributed by atoms with Crippen LogP contribution in [0.3, 0.4) is 0 Å². The molecule has 4 N–H and O–H groups in total. The highest BCUT2D eigenvalue weighted by molar-refractivity contribution is 5.97. The highest BCUT2D eigenvalue weighted by atomic mass is 16.5. The number of benzene rings is 2. The number of nitrogens with two attached hydrogens (primary N) is 1. The third kappa shape index (κ3) is 3.96. The normalized spacial score (nSPS) is 10.2. The number of anilines is 4. The summed E-state index contributed by atoms with van der Waals surface area (Å²) in [5, 5.41) is 0. The van der Waals surface area contributed by atoms with Crippen molar-refractivity contribution in [3.8, 4) is 5.75 Å². The van der Waals surface area contributed by atoms with Crippen molar-refractivity contribution in [2.24, 2.45) is 0 Å². The summed E-state index contributed by atoms with van der Waals surface area (Å²) in [4.78, 5) is 22.9. The lowest BCUT2D eigenvalue weighted by molar-refractivity contribution is 0.0959. The van der Waals surface area contributed by atoms with Crippen molar-refractivity contribution in [3.05, 3.63) is 66.5 Å². The van der Waals surface area contributed by atoms with Gasteiger partial charge in [0.1, 0.15) is 17.8 Å². The molecule has 0 radical (unpaired) electrons. The van der Waals surface area contributed by atoms with Crippen molar-refractivity contribution in [2.45, 2.75) is 6.92 Å². The Kier molecular flexibility index (Phi) is 5.91. The number of para-hydroxylation sites is 2. The van der Waals surface area contributed by atoms with E-state index in [-0.39, 0.29) is 5.91 Å². The van der Waals surface area contributed by atoms with Crippen LogP contribution in [0.2, 0.25) is 0 Å². The number of methoxy groups -OCH3 is 1. The first-order valence-electron chi connectivity index (χ1n) is 8.78. The average molecular weight is 378 g/mol. The van der Waals surface area contributed by atoms with Crippen LogP contribution in [0.4, 0.5) is 23.0 Å². The monoisotopic (exact) mass is 378 g/mol. The van der Waals surface area contributed by atoms with E-state index >= 15 is 0 Å². The first kappa shape index (κ1) is 19.0. The smallest absolute Gasteiger partial charge is 0.273 e. The van der Waals surface area contributed by atoms with Crippen molar-refractivity contribution in [1.29, 1.82) is 0 Å². The Morgan fingerprint density at radius 2 is 1.82 bits per heavy atom. The lowest BCUT2D eigenvalue weighted by atomic mass is 10.2. The van der Waals surface area contributed by atoms with Crippen molar-refractivity contribution < 1.29 is 9.53 Å². The predicted molar refractivity (Wildman–Crippen MR) is 110 cm³/mol. The Balaban J connectivity index is 1.80. The maximum Gasteiger partial charge on any atom is 0.273 e. The van der Waals surface area contributed by atoms with Crippen molar-refractivity contribution in [1.82, 2.24) is 15.4 Å². The number of nitrogens with one attached hydrogen (secondary N) is 2. The molecule has 1 amide bonds. The molecule has 0 fully saturated rings. The minimum atomic E-state index is -0.368. The lowest BCUT2D eigenvalue weighted by Crippen LogP contribution is -2.31. The molecule has 0 saturated heterocycles. The summed E-state index contributed by atoms with van der Waals surface area (Å²) in [6.07, 6.45) is 1.40. The summed E-state index contributed by atoms with van der Waals surface area (Å²) in [7, 11) is 1.51. The van der Waals surface area contributed by atoms with Crippen LogP contribution in [0.5, 0.6) is 5.75 Å². The zero-order valence-corrected chi connectivity index (χ0v) is 15.7. The van der Waals surface area contributed by atoms with Gasteiger partial charge in [-0.3, -0.25) is 15.6 Å².